The Morgan fingerprint density at radius 1 is 1.54 bits per heavy atom. The van der Waals surface area contributed by atoms with Gasteiger partial charge in [-0.1, -0.05) is 29.7 Å². The first-order valence-corrected chi connectivity index (χ1v) is 5.23. The van der Waals surface area contributed by atoms with Crippen LogP contribution in [-0.2, 0) is 5.75 Å². The predicted molar refractivity (Wildman–Crippen MR) is 56.4 cm³/mol. The number of hydrogen-bond donors (Lipinski definition) is 0. The molecule has 3 heteroatoms. The summed E-state index contributed by atoms with van der Waals surface area (Å²) in [6, 6.07) is 4.98. The summed E-state index contributed by atoms with van der Waals surface area (Å²) < 4.78 is 13.2. The fourth-order valence-corrected chi connectivity index (χ4v) is 1.74. The first kappa shape index (κ1) is 10.4. The average molecular weight is 215 g/mol. The zero-order valence-electron chi connectivity index (χ0n) is 6.89. The Balaban J connectivity index is 2.67. The van der Waals surface area contributed by atoms with Gasteiger partial charge in [0.15, 0.2) is 0 Å². The molecule has 0 N–H and O–H groups in total. The second kappa shape index (κ2) is 5.16. The third-order valence-electron chi connectivity index (χ3n) is 1.47. The molecule has 0 aliphatic heterocycles. The SMILES string of the molecule is C#CCSCc1cccc(Cl)c1F. The van der Waals surface area contributed by atoms with Crippen LogP contribution in [0.4, 0.5) is 4.39 Å². The molecule has 0 aliphatic carbocycles. The van der Waals surface area contributed by atoms with Gasteiger partial charge in [0, 0.05) is 5.75 Å². The van der Waals surface area contributed by atoms with Crippen LogP contribution in [0.25, 0.3) is 0 Å². The summed E-state index contributed by atoms with van der Waals surface area (Å²) in [5, 5.41) is 0.166. The van der Waals surface area contributed by atoms with Crippen LogP contribution in [-0.4, -0.2) is 5.75 Å². The van der Waals surface area contributed by atoms with E-state index >= 15 is 0 Å². The Morgan fingerprint density at radius 3 is 3.00 bits per heavy atom. The highest BCUT2D eigenvalue weighted by Gasteiger charge is 2.04. The maximum atomic E-state index is 13.2. The van der Waals surface area contributed by atoms with Gasteiger partial charge < -0.3 is 0 Å². The molecule has 0 bridgehead atoms. The van der Waals surface area contributed by atoms with Gasteiger partial charge in [0.2, 0.25) is 0 Å². The predicted octanol–water partition coefficient (Wildman–Crippen LogP) is 3.35. The van der Waals surface area contributed by atoms with Crippen molar-refractivity contribution in [1.29, 1.82) is 0 Å². The maximum absolute atomic E-state index is 13.2. The molecule has 0 fully saturated rings. The lowest BCUT2D eigenvalue weighted by molar-refractivity contribution is 0.618. The van der Waals surface area contributed by atoms with Gasteiger partial charge in [-0.3, -0.25) is 0 Å². The quantitative estimate of drug-likeness (QED) is 0.549. The van der Waals surface area contributed by atoms with Crippen LogP contribution in [0.5, 0.6) is 0 Å². The molecule has 0 heterocycles. The monoisotopic (exact) mass is 214 g/mol. The molecule has 0 amide bonds. The van der Waals surface area contributed by atoms with Crippen molar-refractivity contribution in [2.24, 2.45) is 0 Å². The molecule has 0 atom stereocenters. The lowest BCUT2D eigenvalue weighted by Crippen LogP contribution is -1.88. The van der Waals surface area contributed by atoms with Crippen LogP contribution < -0.4 is 0 Å². The minimum absolute atomic E-state index is 0.166. The van der Waals surface area contributed by atoms with E-state index in [0.29, 0.717) is 17.1 Å². The van der Waals surface area contributed by atoms with Crippen LogP contribution in [0.3, 0.4) is 0 Å². The van der Waals surface area contributed by atoms with Crippen molar-refractivity contribution in [3.8, 4) is 12.3 Å². The summed E-state index contributed by atoms with van der Waals surface area (Å²) in [6.45, 7) is 0. The zero-order valence-corrected chi connectivity index (χ0v) is 8.46. The van der Waals surface area contributed by atoms with E-state index in [2.05, 4.69) is 5.92 Å². The highest BCUT2D eigenvalue weighted by atomic mass is 35.5. The summed E-state index contributed by atoms with van der Waals surface area (Å²) in [7, 11) is 0. The molecule has 1 rings (SSSR count). The summed E-state index contributed by atoms with van der Waals surface area (Å²) >= 11 is 7.10. The second-order valence-electron chi connectivity index (χ2n) is 2.41. The molecule has 0 nitrogen and oxygen atoms in total. The van der Waals surface area contributed by atoms with Crippen molar-refractivity contribution >= 4 is 23.4 Å². The number of benzene rings is 1. The Kier molecular flexibility index (Phi) is 4.14. The van der Waals surface area contributed by atoms with Gasteiger partial charge in [-0.25, -0.2) is 4.39 Å². The minimum atomic E-state index is -0.339. The number of halogens is 2. The fourth-order valence-electron chi connectivity index (χ4n) is 0.880. The smallest absolute Gasteiger partial charge is 0.145 e. The summed E-state index contributed by atoms with van der Waals surface area (Å²) in [6.07, 6.45) is 5.07. The van der Waals surface area contributed by atoms with Crippen LogP contribution in [0.1, 0.15) is 5.56 Å². The van der Waals surface area contributed by atoms with E-state index in [1.54, 1.807) is 12.1 Å². The Morgan fingerprint density at radius 2 is 2.31 bits per heavy atom. The summed E-state index contributed by atoms with van der Waals surface area (Å²) in [4.78, 5) is 0. The van der Waals surface area contributed by atoms with Crippen LogP contribution >= 0.6 is 23.4 Å². The van der Waals surface area contributed by atoms with Gasteiger partial charge >= 0.3 is 0 Å². The van der Waals surface area contributed by atoms with Crippen LogP contribution in [0.2, 0.25) is 5.02 Å². The molecule has 13 heavy (non-hydrogen) atoms. The molecular weight excluding hydrogens is 207 g/mol. The maximum Gasteiger partial charge on any atom is 0.145 e. The third kappa shape index (κ3) is 2.95. The first-order valence-electron chi connectivity index (χ1n) is 3.70. The van der Waals surface area contributed by atoms with Crippen molar-refractivity contribution in [1.82, 2.24) is 0 Å². The minimum Gasteiger partial charge on any atom is -0.205 e. The van der Waals surface area contributed by atoms with Crippen molar-refractivity contribution in [3.05, 3.63) is 34.6 Å². The van der Waals surface area contributed by atoms with E-state index in [9.17, 15) is 4.39 Å². The molecule has 0 aliphatic rings. The van der Waals surface area contributed by atoms with Crippen molar-refractivity contribution in [3.63, 3.8) is 0 Å². The first-order chi connectivity index (χ1) is 6.25. The molecule has 0 saturated carbocycles. The molecule has 0 unspecified atom stereocenters. The van der Waals surface area contributed by atoms with Crippen LogP contribution in [0.15, 0.2) is 18.2 Å². The third-order valence-corrected chi connectivity index (χ3v) is 2.65. The summed E-state index contributed by atoms with van der Waals surface area (Å²) in [5.74, 6) is 3.30. The molecule has 0 aromatic heterocycles. The van der Waals surface area contributed by atoms with E-state index in [0.717, 1.165) is 0 Å². The topological polar surface area (TPSA) is 0 Å². The number of terminal acetylenes is 1. The van der Waals surface area contributed by atoms with Gasteiger partial charge in [0.25, 0.3) is 0 Å². The van der Waals surface area contributed by atoms with Crippen molar-refractivity contribution in [2.45, 2.75) is 5.75 Å². The molecule has 68 valence electrons. The highest BCUT2D eigenvalue weighted by Crippen LogP contribution is 2.21. The van der Waals surface area contributed by atoms with E-state index in [1.807, 2.05) is 0 Å². The van der Waals surface area contributed by atoms with Gasteiger partial charge in [0.1, 0.15) is 5.82 Å². The van der Waals surface area contributed by atoms with Crippen LogP contribution in [0, 0.1) is 18.2 Å². The van der Waals surface area contributed by atoms with Gasteiger partial charge in [-0.2, -0.15) is 0 Å². The van der Waals surface area contributed by atoms with Gasteiger partial charge in [0.05, 0.1) is 10.8 Å². The van der Waals surface area contributed by atoms with E-state index in [4.69, 9.17) is 18.0 Å². The van der Waals surface area contributed by atoms with E-state index in [1.165, 1.54) is 17.8 Å². The number of hydrogen-bond acceptors (Lipinski definition) is 1. The van der Waals surface area contributed by atoms with Crippen molar-refractivity contribution in [2.75, 3.05) is 5.75 Å². The Hall–Kier alpha value is -0.650. The van der Waals surface area contributed by atoms with E-state index < -0.39 is 0 Å². The largest absolute Gasteiger partial charge is 0.205 e. The molecule has 1 aromatic carbocycles. The molecule has 1 aromatic rings. The lowest BCUT2D eigenvalue weighted by Gasteiger charge is -2.02. The van der Waals surface area contributed by atoms with Crippen molar-refractivity contribution < 1.29 is 4.39 Å². The Bertz CT molecular complexity index is 330. The molecule has 0 radical (unpaired) electrons. The number of rotatable bonds is 3. The van der Waals surface area contributed by atoms with E-state index in [-0.39, 0.29) is 10.8 Å². The Labute approximate surface area is 86.5 Å². The normalized spacial score (nSPS) is 9.62. The van der Waals surface area contributed by atoms with Gasteiger partial charge in [-0.05, 0) is 11.6 Å². The molecule has 0 saturated heterocycles. The summed E-state index contributed by atoms with van der Waals surface area (Å²) in [5.41, 5.74) is 0.604. The second-order valence-corrected chi connectivity index (χ2v) is 3.80. The lowest BCUT2D eigenvalue weighted by atomic mass is 10.2. The average Bonchev–Trinajstić information content (AvgIpc) is 2.13. The number of thioether (sulfide) groups is 1. The fraction of sp³-hybridized carbons (Fsp3) is 0.200. The molecule has 0 spiro atoms. The standard InChI is InChI=1S/C10H8ClFS/c1-2-6-13-7-8-4-3-5-9(11)10(8)12/h1,3-5H,6-7H2. The highest BCUT2D eigenvalue weighted by molar-refractivity contribution is 7.98. The molecular formula is C10H8ClFS. The zero-order chi connectivity index (χ0) is 9.68. The van der Waals surface area contributed by atoms with Gasteiger partial charge in [-0.15, -0.1) is 18.2 Å².